The molecule has 2 aromatic carbocycles. The summed E-state index contributed by atoms with van der Waals surface area (Å²) in [5.74, 6) is -1.39. The number of aryl methyl sites for hydroxylation is 1. The lowest BCUT2D eigenvalue weighted by molar-refractivity contribution is -0.274. The van der Waals surface area contributed by atoms with E-state index in [2.05, 4.69) is 4.74 Å². The lowest BCUT2D eigenvalue weighted by Crippen LogP contribution is -2.17. The van der Waals surface area contributed by atoms with Crippen molar-refractivity contribution in [1.29, 1.82) is 0 Å². The monoisotopic (exact) mass is 416 g/mol. The van der Waals surface area contributed by atoms with Crippen LogP contribution in [0.3, 0.4) is 0 Å². The summed E-state index contributed by atoms with van der Waals surface area (Å²) in [6.45, 7) is 1.77. The highest BCUT2D eigenvalue weighted by atomic mass is 35.5. The number of hydrogen-bond donors (Lipinski definition) is 1. The number of benzene rings is 2. The molecule has 0 spiro atoms. The van der Waals surface area contributed by atoms with Gasteiger partial charge in [0.1, 0.15) is 23.7 Å². The Balaban J connectivity index is 1.88. The maximum absolute atomic E-state index is 12.2. The molecule has 0 saturated carbocycles. The van der Waals surface area contributed by atoms with Gasteiger partial charge in [0.2, 0.25) is 0 Å². The Kier molecular flexibility index (Phi) is 5.21. The number of halogens is 4. The molecule has 1 N–H and O–H groups in total. The van der Waals surface area contributed by atoms with E-state index in [0.29, 0.717) is 16.0 Å². The molecule has 0 unspecified atom stereocenters. The van der Waals surface area contributed by atoms with Crippen LogP contribution in [0.2, 0.25) is 5.02 Å². The molecule has 0 bridgehead atoms. The average Bonchev–Trinajstić information content (AvgIpc) is 2.87. The fourth-order valence-corrected chi connectivity index (χ4v) is 3.82. The van der Waals surface area contributed by atoms with Crippen molar-refractivity contribution in [3.05, 3.63) is 57.4 Å². The molecular formula is C18H12ClF3O4S. The number of thiophene rings is 1. The second-order valence-corrected chi connectivity index (χ2v) is 7.21. The van der Waals surface area contributed by atoms with Crippen LogP contribution in [0.1, 0.15) is 20.8 Å². The van der Waals surface area contributed by atoms with E-state index in [1.165, 1.54) is 29.5 Å². The predicted octanol–water partition coefficient (Wildman–Crippen LogP) is 6.04. The van der Waals surface area contributed by atoms with Crippen LogP contribution < -0.4 is 9.47 Å². The first-order valence-electron chi connectivity index (χ1n) is 7.58. The van der Waals surface area contributed by atoms with Crippen molar-refractivity contribution in [2.75, 3.05) is 0 Å². The lowest BCUT2D eigenvalue weighted by atomic mass is 10.1. The van der Waals surface area contributed by atoms with Crippen molar-refractivity contribution in [1.82, 2.24) is 0 Å². The largest absolute Gasteiger partial charge is 0.573 e. The first kappa shape index (κ1) is 19.3. The van der Waals surface area contributed by atoms with E-state index in [-0.39, 0.29) is 23.7 Å². The zero-order valence-corrected chi connectivity index (χ0v) is 15.3. The molecule has 3 rings (SSSR count). The van der Waals surface area contributed by atoms with Crippen molar-refractivity contribution < 1.29 is 32.5 Å². The molecule has 0 saturated heterocycles. The Bertz CT molecular complexity index is 996. The van der Waals surface area contributed by atoms with Crippen LogP contribution in [0.5, 0.6) is 11.5 Å². The van der Waals surface area contributed by atoms with Crippen molar-refractivity contribution in [2.24, 2.45) is 0 Å². The first-order valence-corrected chi connectivity index (χ1v) is 8.77. The number of carboxylic acid groups (broad SMARTS) is 1. The fraction of sp³-hybridized carbons (Fsp3) is 0.167. The van der Waals surface area contributed by atoms with Gasteiger partial charge >= 0.3 is 12.3 Å². The topological polar surface area (TPSA) is 55.8 Å². The van der Waals surface area contributed by atoms with E-state index in [1.807, 2.05) is 6.92 Å². The molecule has 0 aliphatic rings. The minimum atomic E-state index is -4.77. The van der Waals surface area contributed by atoms with Gasteiger partial charge in [-0.2, -0.15) is 0 Å². The second kappa shape index (κ2) is 7.28. The Morgan fingerprint density at radius 1 is 1.19 bits per heavy atom. The molecule has 0 radical (unpaired) electrons. The van der Waals surface area contributed by atoms with E-state index in [4.69, 9.17) is 16.3 Å². The molecule has 0 atom stereocenters. The third kappa shape index (κ3) is 4.28. The smallest absolute Gasteiger partial charge is 0.487 e. The molecule has 3 aromatic rings. The molecule has 0 amide bonds. The molecule has 9 heteroatoms. The molecule has 4 nitrogen and oxygen atoms in total. The van der Waals surface area contributed by atoms with Crippen molar-refractivity contribution in [3.8, 4) is 11.5 Å². The SMILES string of the molecule is Cc1sc2ccc(C(=O)O)c(OCc3ccc(OC(F)(F)F)cc3)c2c1Cl. The van der Waals surface area contributed by atoms with Gasteiger partial charge in [-0.15, -0.1) is 24.5 Å². The number of fused-ring (bicyclic) bond motifs is 1. The van der Waals surface area contributed by atoms with Crippen LogP contribution in [0.25, 0.3) is 10.1 Å². The molecule has 27 heavy (non-hydrogen) atoms. The molecule has 0 fully saturated rings. The number of hydrogen-bond acceptors (Lipinski definition) is 4. The van der Waals surface area contributed by atoms with Gasteiger partial charge in [0.05, 0.1) is 10.4 Å². The summed E-state index contributed by atoms with van der Waals surface area (Å²) in [6, 6.07) is 8.23. The fourth-order valence-electron chi connectivity index (χ4n) is 2.50. The van der Waals surface area contributed by atoms with Gasteiger partial charge in [-0.3, -0.25) is 0 Å². The first-order chi connectivity index (χ1) is 12.7. The van der Waals surface area contributed by atoms with Gasteiger partial charge in [0, 0.05) is 9.58 Å². The van der Waals surface area contributed by atoms with E-state index in [1.54, 1.807) is 6.07 Å². The van der Waals surface area contributed by atoms with Crippen LogP contribution in [0, 0.1) is 6.92 Å². The maximum atomic E-state index is 12.2. The van der Waals surface area contributed by atoms with Crippen LogP contribution in [-0.4, -0.2) is 17.4 Å². The van der Waals surface area contributed by atoms with Gasteiger partial charge in [-0.1, -0.05) is 23.7 Å². The maximum Gasteiger partial charge on any atom is 0.573 e. The zero-order chi connectivity index (χ0) is 19.8. The highest BCUT2D eigenvalue weighted by Gasteiger charge is 2.31. The third-order valence-corrected chi connectivity index (χ3v) is 5.34. The molecule has 0 aliphatic heterocycles. The normalized spacial score (nSPS) is 11.6. The summed E-state index contributed by atoms with van der Waals surface area (Å²) in [5.41, 5.74) is 0.500. The van der Waals surface area contributed by atoms with Gasteiger partial charge in [0.15, 0.2) is 0 Å². The van der Waals surface area contributed by atoms with E-state index < -0.39 is 12.3 Å². The second-order valence-electron chi connectivity index (χ2n) is 5.57. The molecule has 1 heterocycles. The Morgan fingerprint density at radius 3 is 2.44 bits per heavy atom. The van der Waals surface area contributed by atoms with Crippen molar-refractivity contribution in [2.45, 2.75) is 19.9 Å². The molecule has 1 aromatic heterocycles. The van der Waals surface area contributed by atoms with Gasteiger partial charge in [-0.25, -0.2) is 4.79 Å². The Labute approximate surface area is 160 Å². The quantitative estimate of drug-likeness (QED) is 0.551. The minimum absolute atomic E-state index is 0.0424. The van der Waals surface area contributed by atoms with E-state index in [9.17, 15) is 23.1 Å². The third-order valence-electron chi connectivity index (χ3n) is 3.68. The lowest BCUT2D eigenvalue weighted by Gasteiger charge is -2.12. The zero-order valence-electron chi connectivity index (χ0n) is 13.8. The summed E-state index contributed by atoms with van der Waals surface area (Å²) in [6.07, 6.45) is -4.77. The van der Waals surface area contributed by atoms with Crippen LogP contribution in [0.4, 0.5) is 13.2 Å². The van der Waals surface area contributed by atoms with Crippen LogP contribution in [-0.2, 0) is 6.61 Å². The highest BCUT2D eigenvalue weighted by Crippen LogP contribution is 2.42. The van der Waals surface area contributed by atoms with Crippen LogP contribution >= 0.6 is 22.9 Å². The number of aromatic carboxylic acids is 1. The Hall–Kier alpha value is -2.45. The minimum Gasteiger partial charge on any atom is -0.487 e. The number of carbonyl (C=O) groups is 1. The molecule has 142 valence electrons. The molecule has 0 aliphatic carbocycles. The van der Waals surface area contributed by atoms with Crippen molar-refractivity contribution >= 4 is 39.0 Å². The average molecular weight is 417 g/mol. The van der Waals surface area contributed by atoms with Crippen LogP contribution in [0.15, 0.2) is 36.4 Å². The standard InChI is InChI=1S/C18H12ClF3O4S/c1-9-15(19)14-13(27-9)7-6-12(17(23)24)16(14)25-8-10-2-4-11(5-3-10)26-18(20,21)22/h2-7H,8H2,1H3,(H,23,24). The summed E-state index contributed by atoms with van der Waals surface area (Å²) < 4.78 is 46.9. The predicted molar refractivity (Wildman–Crippen MR) is 96.0 cm³/mol. The van der Waals surface area contributed by atoms with E-state index in [0.717, 1.165) is 21.7 Å². The van der Waals surface area contributed by atoms with E-state index >= 15 is 0 Å². The summed E-state index contributed by atoms with van der Waals surface area (Å²) in [4.78, 5) is 12.4. The summed E-state index contributed by atoms with van der Waals surface area (Å²) in [7, 11) is 0. The summed E-state index contributed by atoms with van der Waals surface area (Å²) in [5, 5.41) is 10.4. The van der Waals surface area contributed by atoms with Crippen molar-refractivity contribution in [3.63, 3.8) is 0 Å². The summed E-state index contributed by atoms with van der Waals surface area (Å²) >= 11 is 7.72. The Morgan fingerprint density at radius 2 is 1.85 bits per heavy atom. The van der Waals surface area contributed by atoms with Gasteiger partial charge in [-0.05, 0) is 36.8 Å². The van der Waals surface area contributed by atoms with Gasteiger partial charge < -0.3 is 14.6 Å². The number of alkyl halides is 3. The number of carboxylic acids is 1. The molecular weight excluding hydrogens is 405 g/mol. The number of rotatable bonds is 5. The van der Waals surface area contributed by atoms with Gasteiger partial charge in [0.25, 0.3) is 0 Å². The highest BCUT2D eigenvalue weighted by molar-refractivity contribution is 7.19. The number of ether oxygens (including phenoxy) is 2.